The van der Waals surface area contributed by atoms with Gasteiger partial charge in [-0.25, -0.2) is 9.79 Å². The number of benzene rings is 3. The lowest BCUT2D eigenvalue weighted by atomic mass is 10.1. The van der Waals surface area contributed by atoms with Gasteiger partial charge in [0.1, 0.15) is 12.4 Å². The maximum absolute atomic E-state index is 12.4. The third-order valence-corrected chi connectivity index (χ3v) is 6.54. The number of hydrogen-bond donors (Lipinski definition) is 0. The average Bonchev–Trinajstić information content (AvgIpc) is 3.13. The molecule has 172 valence electrons. The van der Waals surface area contributed by atoms with E-state index in [1.807, 2.05) is 24.3 Å². The largest absolute Gasteiger partial charge is 0.487 e. The third kappa shape index (κ3) is 5.45. The van der Waals surface area contributed by atoms with Gasteiger partial charge in [0.25, 0.3) is 5.69 Å². The molecule has 4 rings (SSSR count). The van der Waals surface area contributed by atoms with E-state index in [-0.39, 0.29) is 17.3 Å². The van der Waals surface area contributed by atoms with Crippen LogP contribution in [-0.4, -0.2) is 16.8 Å². The minimum Gasteiger partial charge on any atom is -0.487 e. The highest BCUT2D eigenvalue weighted by atomic mass is 79.9. The summed E-state index contributed by atoms with van der Waals surface area (Å²) >= 11 is 10.5. The fourth-order valence-corrected chi connectivity index (χ4v) is 5.11. The van der Waals surface area contributed by atoms with Gasteiger partial charge in [0.15, 0.2) is 5.70 Å². The highest BCUT2D eigenvalue weighted by molar-refractivity contribution is 9.11. The van der Waals surface area contributed by atoms with E-state index in [1.165, 1.54) is 6.07 Å². The maximum atomic E-state index is 12.4. The zero-order valence-electron chi connectivity index (χ0n) is 17.6. The Morgan fingerprint density at radius 1 is 1.09 bits per heavy atom. The van der Waals surface area contributed by atoms with E-state index in [9.17, 15) is 14.9 Å². The van der Waals surface area contributed by atoms with Crippen LogP contribution in [0.2, 0.25) is 0 Å². The summed E-state index contributed by atoms with van der Waals surface area (Å²) in [7, 11) is 0. The summed E-state index contributed by atoms with van der Waals surface area (Å²) in [5.74, 6) is -0.000750. The SMILES string of the molecule is Cc1ccc(C2=N/C(=C\c3cc(Br)c(OCc4cccc(Br)c4)c(Br)c3)C(=O)O2)cc1[N+](=O)[O-]. The summed E-state index contributed by atoms with van der Waals surface area (Å²) in [4.78, 5) is 27.4. The average molecular weight is 651 g/mol. The first-order chi connectivity index (χ1) is 16.2. The van der Waals surface area contributed by atoms with Crippen molar-refractivity contribution in [2.75, 3.05) is 0 Å². The van der Waals surface area contributed by atoms with Crippen molar-refractivity contribution in [3.8, 4) is 5.75 Å². The lowest BCUT2D eigenvalue weighted by molar-refractivity contribution is -0.385. The Bertz CT molecular complexity index is 1360. The zero-order chi connectivity index (χ0) is 24.4. The number of hydrogen-bond acceptors (Lipinski definition) is 6. The standard InChI is InChI=1S/C24H15Br3N2O5/c1-13-5-6-16(11-21(13)29(31)32)23-28-20(24(30)34-23)10-15-8-18(26)22(19(27)9-15)33-12-14-3-2-4-17(25)7-14/h2-11H,12H2,1H3/b20-10-. The van der Waals surface area contributed by atoms with Crippen molar-refractivity contribution >= 4 is 71.4 Å². The smallest absolute Gasteiger partial charge is 0.363 e. The molecule has 3 aromatic rings. The molecule has 0 N–H and O–H groups in total. The number of rotatable bonds is 6. The van der Waals surface area contributed by atoms with Gasteiger partial charge in [0.05, 0.1) is 13.9 Å². The van der Waals surface area contributed by atoms with Crippen LogP contribution in [0, 0.1) is 17.0 Å². The second-order valence-electron chi connectivity index (χ2n) is 7.33. The number of ether oxygens (including phenoxy) is 2. The number of nitrogens with zero attached hydrogens (tertiary/aromatic N) is 2. The van der Waals surface area contributed by atoms with Crippen molar-refractivity contribution in [3.05, 3.63) is 106 Å². The van der Waals surface area contributed by atoms with Crippen LogP contribution in [0.1, 0.15) is 22.3 Å². The predicted molar refractivity (Wildman–Crippen MR) is 139 cm³/mol. The van der Waals surface area contributed by atoms with Gasteiger partial charge in [-0.15, -0.1) is 0 Å². The van der Waals surface area contributed by atoms with Crippen molar-refractivity contribution < 1.29 is 19.2 Å². The molecule has 0 aliphatic carbocycles. The number of halogens is 3. The molecule has 3 aromatic carbocycles. The molecule has 0 saturated carbocycles. The summed E-state index contributed by atoms with van der Waals surface area (Å²) in [6.45, 7) is 2.01. The molecule has 1 heterocycles. The molecule has 1 aliphatic heterocycles. The monoisotopic (exact) mass is 648 g/mol. The van der Waals surface area contributed by atoms with Gasteiger partial charge in [-0.2, -0.15) is 0 Å². The first kappa shape index (κ1) is 24.3. The van der Waals surface area contributed by atoms with Crippen LogP contribution >= 0.6 is 47.8 Å². The molecule has 34 heavy (non-hydrogen) atoms. The lowest BCUT2D eigenvalue weighted by Gasteiger charge is -2.12. The topological polar surface area (TPSA) is 91.0 Å². The van der Waals surface area contributed by atoms with Crippen molar-refractivity contribution in [3.63, 3.8) is 0 Å². The molecule has 0 spiro atoms. The van der Waals surface area contributed by atoms with Gasteiger partial charge < -0.3 is 9.47 Å². The predicted octanol–water partition coefficient (Wildman–Crippen LogP) is 7.11. The molecule has 7 nitrogen and oxygen atoms in total. The van der Waals surface area contributed by atoms with Crippen LogP contribution < -0.4 is 4.74 Å². The number of aryl methyl sites for hydroxylation is 1. The second-order valence-corrected chi connectivity index (χ2v) is 9.95. The molecule has 10 heteroatoms. The summed E-state index contributed by atoms with van der Waals surface area (Å²) < 4.78 is 13.6. The first-order valence-electron chi connectivity index (χ1n) is 9.85. The molecule has 0 fully saturated rings. The van der Waals surface area contributed by atoms with Crippen molar-refractivity contribution in [2.24, 2.45) is 4.99 Å². The van der Waals surface area contributed by atoms with Gasteiger partial charge in [-0.3, -0.25) is 10.1 Å². The third-order valence-electron chi connectivity index (χ3n) is 4.87. The summed E-state index contributed by atoms with van der Waals surface area (Å²) in [6, 6.07) is 16.0. The van der Waals surface area contributed by atoms with E-state index in [0.717, 1.165) is 10.0 Å². The van der Waals surface area contributed by atoms with E-state index < -0.39 is 10.9 Å². The van der Waals surface area contributed by atoms with Gasteiger partial charge in [0.2, 0.25) is 5.90 Å². The van der Waals surface area contributed by atoms with Crippen LogP contribution in [0.3, 0.4) is 0 Å². The molecular formula is C24H15Br3N2O5. The minimum atomic E-state index is -0.638. The van der Waals surface area contributed by atoms with E-state index >= 15 is 0 Å². The molecule has 0 amide bonds. The molecule has 1 aliphatic rings. The Balaban J connectivity index is 1.57. The summed E-state index contributed by atoms with van der Waals surface area (Å²) in [5.41, 5.74) is 2.56. The lowest BCUT2D eigenvalue weighted by Crippen LogP contribution is -2.06. The number of nitro groups is 1. The van der Waals surface area contributed by atoms with Crippen LogP contribution in [0.25, 0.3) is 6.08 Å². The van der Waals surface area contributed by atoms with Crippen LogP contribution in [0.5, 0.6) is 5.75 Å². The number of carbonyl (C=O) groups excluding carboxylic acids is 1. The molecule has 0 aromatic heterocycles. The minimum absolute atomic E-state index is 0.0199. The number of aliphatic imine (C=N–C) groups is 1. The number of nitro benzene ring substituents is 1. The maximum Gasteiger partial charge on any atom is 0.363 e. The molecule has 0 bridgehead atoms. The normalized spacial score (nSPS) is 14.2. The fraction of sp³-hybridized carbons (Fsp3) is 0.0833. The van der Waals surface area contributed by atoms with E-state index in [0.29, 0.717) is 38.0 Å². The molecule has 0 unspecified atom stereocenters. The first-order valence-corrected chi connectivity index (χ1v) is 12.2. The molecular weight excluding hydrogens is 636 g/mol. The Hall–Kier alpha value is -2.82. The molecule has 0 saturated heterocycles. The number of esters is 1. The second kappa shape index (κ2) is 10.2. The van der Waals surface area contributed by atoms with Crippen molar-refractivity contribution in [1.29, 1.82) is 0 Å². The Labute approximate surface area is 220 Å². The number of carbonyl (C=O) groups is 1. The van der Waals surface area contributed by atoms with E-state index in [2.05, 4.69) is 52.8 Å². The highest BCUT2D eigenvalue weighted by Gasteiger charge is 2.26. The molecule has 0 atom stereocenters. The highest BCUT2D eigenvalue weighted by Crippen LogP contribution is 2.36. The van der Waals surface area contributed by atoms with Crippen LogP contribution in [-0.2, 0) is 16.1 Å². The van der Waals surface area contributed by atoms with Gasteiger partial charge in [0, 0.05) is 21.7 Å². The van der Waals surface area contributed by atoms with E-state index in [4.69, 9.17) is 9.47 Å². The van der Waals surface area contributed by atoms with Gasteiger partial charge in [-0.1, -0.05) is 34.1 Å². The van der Waals surface area contributed by atoms with Gasteiger partial charge in [-0.05, 0) is 86.3 Å². The van der Waals surface area contributed by atoms with Gasteiger partial charge >= 0.3 is 5.97 Å². The Morgan fingerprint density at radius 3 is 2.50 bits per heavy atom. The summed E-state index contributed by atoms with van der Waals surface area (Å²) in [6.07, 6.45) is 1.57. The van der Waals surface area contributed by atoms with Crippen molar-refractivity contribution in [1.82, 2.24) is 0 Å². The van der Waals surface area contributed by atoms with Crippen molar-refractivity contribution in [2.45, 2.75) is 13.5 Å². The fourth-order valence-electron chi connectivity index (χ4n) is 3.21. The van der Waals surface area contributed by atoms with E-state index in [1.54, 1.807) is 37.3 Å². The Kier molecular flexibility index (Phi) is 7.30. The van der Waals surface area contributed by atoms with Crippen LogP contribution in [0.15, 0.2) is 78.7 Å². The number of cyclic esters (lactones) is 1. The molecule has 0 radical (unpaired) electrons. The quantitative estimate of drug-likeness (QED) is 0.123. The zero-order valence-corrected chi connectivity index (χ0v) is 22.3. The van der Waals surface area contributed by atoms with Crippen LogP contribution in [0.4, 0.5) is 5.69 Å². The summed E-state index contributed by atoms with van der Waals surface area (Å²) in [5, 5.41) is 11.2. The Morgan fingerprint density at radius 2 is 1.82 bits per heavy atom.